The van der Waals surface area contributed by atoms with E-state index in [1.165, 1.54) is 6.92 Å². The Morgan fingerprint density at radius 2 is 2.05 bits per heavy atom. The maximum atomic E-state index is 11.5. The Kier molecular flexibility index (Phi) is 6.49. The summed E-state index contributed by atoms with van der Waals surface area (Å²) < 4.78 is 9.85. The summed E-state index contributed by atoms with van der Waals surface area (Å²) in [7, 11) is 1.14. The topological polar surface area (TPSA) is 146 Å². The maximum absolute atomic E-state index is 11.5. The van der Waals surface area contributed by atoms with Crippen LogP contribution in [0.2, 0.25) is 0 Å². The molecular formula is C12H21NO8. The average Bonchev–Trinajstić information content (AvgIpc) is 2.46. The smallest absolute Gasteiger partial charge is 0.335 e. The molecular weight excluding hydrogens is 286 g/mol. The van der Waals surface area contributed by atoms with Crippen LogP contribution in [0.4, 0.5) is 0 Å². The van der Waals surface area contributed by atoms with Crippen LogP contribution in [0, 0.1) is 0 Å². The Morgan fingerprint density at radius 3 is 2.52 bits per heavy atom. The van der Waals surface area contributed by atoms with Gasteiger partial charge < -0.3 is 35.2 Å². The van der Waals surface area contributed by atoms with Crippen molar-refractivity contribution < 1.29 is 39.5 Å². The van der Waals surface area contributed by atoms with E-state index in [0.717, 1.165) is 7.11 Å². The number of esters is 1. The second kappa shape index (κ2) is 7.66. The fourth-order valence-corrected chi connectivity index (χ4v) is 2.23. The molecule has 0 spiro atoms. The summed E-state index contributed by atoms with van der Waals surface area (Å²) in [5.41, 5.74) is 0. The van der Waals surface area contributed by atoms with E-state index >= 15 is 0 Å². The number of methoxy groups -OCH3 is 1. The second-order valence-electron chi connectivity index (χ2n) is 4.88. The standard InChI is InChI=1S/C12H21NO8/c1-5(15)13-9-6(16)3-8(12(19)20-2)21-11(9)10(18)7(17)4-14/h6-11,14,16-18H,3-4H2,1-2H3,(H,13,15)/t6?,7-,8+,9-,10-,11?/m1/s1. The minimum Gasteiger partial charge on any atom is -0.467 e. The number of nitrogens with one attached hydrogen (secondary N) is 1. The van der Waals surface area contributed by atoms with Crippen LogP contribution >= 0.6 is 0 Å². The van der Waals surface area contributed by atoms with Crippen molar-refractivity contribution in [1.82, 2.24) is 5.32 Å². The summed E-state index contributed by atoms with van der Waals surface area (Å²) in [6, 6.07) is -1.03. The zero-order valence-corrected chi connectivity index (χ0v) is 11.8. The van der Waals surface area contributed by atoms with E-state index in [0.29, 0.717) is 0 Å². The van der Waals surface area contributed by atoms with Crippen LogP contribution < -0.4 is 5.32 Å². The zero-order valence-electron chi connectivity index (χ0n) is 11.8. The first-order chi connectivity index (χ1) is 9.81. The van der Waals surface area contributed by atoms with Gasteiger partial charge in [-0.15, -0.1) is 0 Å². The van der Waals surface area contributed by atoms with Crippen LogP contribution in [-0.2, 0) is 19.1 Å². The molecule has 0 aromatic rings. The Balaban J connectivity index is 2.96. The first kappa shape index (κ1) is 17.8. The van der Waals surface area contributed by atoms with Gasteiger partial charge in [0.25, 0.3) is 0 Å². The first-order valence-corrected chi connectivity index (χ1v) is 6.47. The third kappa shape index (κ3) is 4.35. The van der Waals surface area contributed by atoms with Crippen molar-refractivity contribution in [3.8, 4) is 0 Å². The normalized spacial score (nSPS) is 32.1. The van der Waals surface area contributed by atoms with Crippen LogP contribution in [-0.4, -0.2) is 82.6 Å². The Hall–Kier alpha value is -1.26. The largest absolute Gasteiger partial charge is 0.467 e. The van der Waals surface area contributed by atoms with E-state index in [2.05, 4.69) is 10.1 Å². The van der Waals surface area contributed by atoms with Crippen molar-refractivity contribution >= 4 is 11.9 Å². The van der Waals surface area contributed by atoms with Gasteiger partial charge in [-0.2, -0.15) is 0 Å². The average molecular weight is 307 g/mol. The van der Waals surface area contributed by atoms with Crippen LogP contribution in [0.3, 0.4) is 0 Å². The van der Waals surface area contributed by atoms with E-state index in [1.54, 1.807) is 0 Å². The highest BCUT2D eigenvalue weighted by atomic mass is 16.6. The van der Waals surface area contributed by atoms with Crippen LogP contribution in [0.25, 0.3) is 0 Å². The molecule has 1 heterocycles. The summed E-state index contributed by atoms with van der Waals surface area (Å²) in [6.07, 6.45) is -6.87. The van der Waals surface area contributed by atoms with Crippen LogP contribution in [0.5, 0.6) is 0 Å². The molecule has 0 aliphatic carbocycles. The fourth-order valence-electron chi connectivity index (χ4n) is 2.23. The van der Waals surface area contributed by atoms with Crippen molar-refractivity contribution in [3.05, 3.63) is 0 Å². The third-order valence-electron chi connectivity index (χ3n) is 3.30. The maximum Gasteiger partial charge on any atom is 0.335 e. The number of hydrogen-bond donors (Lipinski definition) is 5. The molecule has 1 saturated heterocycles. The monoisotopic (exact) mass is 307 g/mol. The quantitative estimate of drug-likeness (QED) is 0.336. The van der Waals surface area contributed by atoms with Crippen LogP contribution in [0.15, 0.2) is 0 Å². The molecule has 0 aromatic carbocycles. The Bertz CT molecular complexity index is 376. The summed E-state index contributed by atoms with van der Waals surface area (Å²) in [4.78, 5) is 22.7. The predicted molar refractivity (Wildman–Crippen MR) is 68.0 cm³/mol. The molecule has 21 heavy (non-hydrogen) atoms. The minimum absolute atomic E-state index is 0.129. The molecule has 1 amide bonds. The van der Waals surface area contributed by atoms with Gasteiger partial charge in [-0.1, -0.05) is 0 Å². The molecule has 2 unspecified atom stereocenters. The molecule has 1 rings (SSSR count). The van der Waals surface area contributed by atoms with Gasteiger partial charge in [0.15, 0.2) is 6.10 Å². The molecule has 0 bridgehead atoms. The predicted octanol–water partition coefficient (Wildman–Crippen LogP) is -3.10. The van der Waals surface area contributed by atoms with Crippen molar-refractivity contribution in [2.24, 2.45) is 0 Å². The van der Waals surface area contributed by atoms with Crippen molar-refractivity contribution in [3.63, 3.8) is 0 Å². The van der Waals surface area contributed by atoms with Crippen LogP contribution in [0.1, 0.15) is 13.3 Å². The lowest BCUT2D eigenvalue weighted by Crippen LogP contribution is -2.63. The van der Waals surface area contributed by atoms with E-state index in [4.69, 9.17) is 9.84 Å². The third-order valence-corrected chi connectivity index (χ3v) is 3.30. The van der Waals surface area contributed by atoms with E-state index < -0.39 is 55.0 Å². The molecule has 6 atom stereocenters. The number of carbonyl (C=O) groups excluding carboxylic acids is 2. The lowest BCUT2D eigenvalue weighted by molar-refractivity contribution is -0.197. The lowest BCUT2D eigenvalue weighted by Gasteiger charge is -2.41. The van der Waals surface area contributed by atoms with Crippen molar-refractivity contribution in [2.45, 2.75) is 49.9 Å². The van der Waals surface area contributed by atoms with Crippen molar-refractivity contribution in [2.75, 3.05) is 13.7 Å². The molecule has 9 heteroatoms. The molecule has 1 aliphatic rings. The molecule has 1 fully saturated rings. The number of aliphatic hydroxyl groups excluding tert-OH is 4. The van der Waals surface area contributed by atoms with Gasteiger partial charge in [-0.3, -0.25) is 4.79 Å². The van der Waals surface area contributed by atoms with E-state index in [-0.39, 0.29) is 6.42 Å². The van der Waals surface area contributed by atoms with Gasteiger partial charge in [0.2, 0.25) is 5.91 Å². The molecule has 122 valence electrons. The molecule has 0 radical (unpaired) electrons. The highest BCUT2D eigenvalue weighted by Gasteiger charge is 2.46. The zero-order chi connectivity index (χ0) is 16.2. The first-order valence-electron chi connectivity index (χ1n) is 6.47. The fraction of sp³-hybridized carbons (Fsp3) is 0.833. The number of amides is 1. The molecule has 5 N–H and O–H groups in total. The van der Waals surface area contributed by atoms with Gasteiger partial charge in [0, 0.05) is 13.3 Å². The number of hydrogen-bond acceptors (Lipinski definition) is 8. The number of rotatable bonds is 5. The molecule has 0 aromatic heterocycles. The van der Waals surface area contributed by atoms with E-state index in [9.17, 15) is 24.9 Å². The highest BCUT2D eigenvalue weighted by molar-refractivity contribution is 5.75. The molecule has 9 nitrogen and oxygen atoms in total. The molecule has 0 saturated carbocycles. The molecule has 1 aliphatic heterocycles. The summed E-state index contributed by atoms with van der Waals surface area (Å²) in [5, 5.41) is 40.8. The van der Waals surface area contributed by atoms with Gasteiger partial charge in [0.1, 0.15) is 18.3 Å². The second-order valence-corrected chi connectivity index (χ2v) is 4.88. The number of aliphatic hydroxyl groups is 4. The Labute approximate surface area is 121 Å². The SMILES string of the molecule is COC(=O)[C@@H]1CC(O)[C@@H](NC(C)=O)C([C@H](O)[C@H](O)CO)O1. The number of ether oxygens (including phenoxy) is 2. The van der Waals surface area contributed by atoms with Gasteiger partial charge in [-0.05, 0) is 0 Å². The lowest BCUT2D eigenvalue weighted by atomic mass is 9.90. The van der Waals surface area contributed by atoms with Crippen molar-refractivity contribution in [1.29, 1.82) is 0 Å². The summed E-state index contributed by atoms with van der Waals surface area (Å²) in [5.74, 6) is -1.22. The van der Waals surface area contributed by atoms with Gasteiger partial charge >= 0.3 is 5.97 Å². The Morgan fingerprint density at radius 1 is 1.43 bits per heavy atom. The van der Waals surface area contributed by atoms with E-state index in [1.807, 2.05) is 0 Å². The minimum atomic E-state index is -1.60. The highest BCUT2D eigenvalue weighted by Crippen LogP contribution is 2.25. The summed E-state index contributed by atoms with van der Waals surface area (Å²) in [6.45, 7) is 0.470. The summed E-state index contributed by atoms with van der Waals surface area (Å²) >= 11 is 0. The van der Waals surface area contributed by atoms with Gasteiger partial charge in [-0.25, -0.2) is 4.79 Å². The van der Waals surface area contributed by atoms with Gasteiger partial charge in [0.05, 0.1) is 25.9 Å². The number of carbonyl (C=O) groups is 2.